The van der Waals surface area contributed by atoms with E-state index >= 15 is 0 Å². The third kappa shape index (κ3) is 5.07. The quantitative estimate of drug-likeness (QED) is 0.512. The molecule has 0 fully saturated rings. The van der Waals surface area contributed by atoms with E-state index < -0.39 is 5.97 Å². The number of carbonyl (C=O) groups is 2. The lowest BCUT2D eigenvalue weighted by atomic mass is 10.5. The van der Waals surface area contributed by atoms with Gasteiger partial charge in [0.05, 0.1) is 12.7 Å². The van der Waals surface area contributed by atoms with Crippen molar-refractivity contribution in [3.05, 3.63) is 11.9 Å². The smallest absolute Gasteiger partial charge is 0.358 e. The molecule has 8 heteroatoms. The molecular weight excluding hydrogens is 226 g/mol. The summed E-state index contributed by atoms with van der Waals surface area (Å²) < 4.78 is 1.45. The van der Waals surface area contributed by atoms with Crippen LogP contribution in [0.25, 0.3) is 0 Å². The number of hydrogen-bond acceptors (Lipinski definition) is 5. The van der Waals surface area contributed by atoms with Crippen LogP contribution in [-0.2, 0) is 11.3 Å². The molecule has 0 aliphatic carbocycles. The fourth-order valence-electron chi connectivity index (χ4n) is 1.15. The second kappa shape index (κ2) is 6.59. The molecule has 0 radical (unpaired) electrons. The molecule has 8 nitrogen and oxygen atoms in total. The van der Waals surface area contributed by atoms with Crippen LogP contribution in [0.1, 0.15) is 17.4 Å². The van der Waals surface area contributed by atoms with Gasteiger partial charge in [-0.05, 0) is 0 Å². The Kier molecular flexibility index (Phi) is 5.08. The molecule has 0 saturated heterocycles. The van der Waals surface area contributed by atoms with E-state index in [1.54, 1.807) is 0 Å². The third-order valence-electron chi connectivity index (χ3n) is 1.95. The van der Waals surface area contributed by atoms with E-state index in [1.165, 1.54) is 17.8 Å². The van der Waals surface area contributed by atoms with E-state index in [1.807, 2.05) is 0 Å². The van der Waals surface area contributed by atoms with E-state index in [2.05, 4.69) is 20.9 Å². The van der Waals surface area contributed by atoms with Gasteiger partial charge in [-0.2, -0.15) is 0 Å². The van der Waals surface area contributed by atoms with Crippen LogP contribution in [0.5, 0.6) is 0 Å². The Bertz CT molecular complexity index is 390. The summed E-state index contributed by atoms with van der Waals surface area (Å²) in [6.45, 7) is 3.83. The number of aromatic nitrogens is 3. The number of hydrogen-bond donors (Lipinski definition) is 3. The van der Waals surface area contributed by atoms with Crippen LogP contribution in [0.15, 0.2) is 6.20 Å². The largest absolute Gasteiger partial charge is 0.476 e. The molecule has 1 rings (SSSR count). The van der Waals surface area contributed by atoms with Gasteiger partial charge in [-0.15, -0.1) is 5.10 Å². The van der Waals surface area contributed by atoms with Gasteiger partial charge in [0.2, 0.25) is 5.91 Å². The predicted molar refractivity (Wildman–Crippen MR) is 58.5 cm³/mol. The summed E-state index contributed by atoms with van der Waals surface area (Å²) in [5, 5.41) is 21.5. The SMILES string of the molecule is CC(=O)NCCNCCn1cc(C(=O)O)nn1. The van der Waals surface area contributed by atoms with Crippen molar-refractivity contribution in [2.75, 3.05) is 19.6 Å². The summed E-state index contributed by atoms with van der Waals surface area (Å²) >= 11 is 0. The Hall–Kier alpha value is -1.96. The van der Waals surface area contributed by atoms with Crippen LogP contribution >= 0.6 is 0 Å². The fourth-order valence-corrected chi connectivity index (χ4v) is 1.15. The minimum Gasteiger partial charge on any atom is -0.476 e. The van der Waals surface area contributed by atoms with E-state index in [0.717, 1.165) is 0 Å². The number of aromatic carboxylic acids is 1. The average molecular weight is 241 g/mol. The maximum atomic E-state index is 10.5. The number of nitrogens with one attached hydrogen (secondary N) is 2. The highest BCUT2D eigenvalue weighted by Gasteiger charge is 2.07. The Morgan fingerprint density at radius 2 is 2.18 bits per heavy atom. The first-order valence-electron chi connectivity index (χ1n) is 5.18. The number of carbonyl (C=O) groups excluding carboxylic acids is 1. The number of carboxylic acid groups (broad SMARTS) is 1. The summed E-state index contributed by atoms with van der Waals surface area (Å²) in [6.07, 6.45) is 1.37. The van der Waals surface area contributed by atoms with Gasteiger partial charge >= 0.3 is 5.97 Å². The van der Waals surface area contributed by atoms with Crippen molar-refractivity contribution in [2.45, 2.75) is 13.5 Å². The topological polar surface area (TPSA) is 109 Å². The van der Waals surface area contributed by atoms with Gasteiger partial charge in [-0.25, -0.2) is 4.79 Å². The van der Waals surface area contributed by atoms with Gasteiger partial charge in [0.25, 0.3) is 0 Å². The fraction of sp³-hybridized carbons (Fsp3) is 0.556. The van der Waals surface area contributed by atoms with Crippen molar-refractivity contribution in [3.63, 3.8) is 0 Å². The van der Waals surface area contributed by atoms with Crippen LogP contribution in [0.2, 0.25) is 0 Å². The molecule has 0 saturated carbocycles. The molecule has 0 unspecified atom stereocenters. The molecule has 0 bridgehead atoms. The second-order valence-corrected chi connectivity index (χ2v) is 3.40. The monoisotopic (exact) mass is 241 g/mol. The first-order valence-corrected chi connectivity index (χ1v) is 5.18. The van der Waals surface area contributed by atoms with Crippen LogP contribution in [-0.4, -0.2) is 51.6 Å². The number of nitrogens with zero attached hydrogens (tertiary/aromatic N) is 3. The second-order valence-electron chi connectivity index (χ2n) is 3.40. The molecule has 0 aliphatic rings. The van der Waals surface area contributed by atoms with Gasteiger partial charge in [0.1, 0.15) is 0 Å². The van der Waals surface area contributed by atoms with Crippen LogP contribution in [0.3, 0.4) is 0 Å². The van der Waals surface area contributed by atoms with Crippen LogP contribution in [0, 0.1) is 0 Å². The van der Waals surface area contributed by atoms with Gasteiger partial charge in [0, 0.05) is 26.6 Å². The van der Waals surface area contributed by atoms with Crippen molar-refractivity contribution < 1.29 is 14.7 Å². The normalized spacial score (nSPS) is 10.2. The third-order valence-corrected chi connectivity index (χ3v) is 1.95. The maximum absolute atomic E-state index is 10.5. The van der Waals surface area contributed by atoms with Crippen molar-refractivity contribution in [2.24, 2.45) is 0 Å². The molecule has 3 N–H and O–H groups in total. The Labute approximate surface area is 98.0 Å². The van der Waals surface area contributed by atoms with Crippen molar-refractivity contribution in [1.82, 2.24) is 25.6 Å². The zero-order valence-electron chi connectivity index (χ0n) is 9.51. The highest BCUT2D eigenvalue weighted by molar-refractivity contribution is 5.84. The summed E-state index contributed by atoms with van der Waals surface area (Å²) in [4.78, 5) is 21.1. The maximum Gasteiger partial charge on any atom is 0.358 e. The molecule has 0 aliphatic heterocycles. The van der Waals surface area contributed by atoms with E-state index in [4.69, 9.17) is 5.11 Å². The summed E-state index contributed by atoms with van der Waals surface area (Å²) in [5.74, 6) is -1.15. The van der Waals surface area contributed by atoms with Gasteiger partial charge in [-0.3, -0.25) is 9.48 Å². The number of amides is 1. The molecule has 1 heterocycles. The summed E-state index contributed by atoms with van der Waals surface area (Å²) in [6, 6.07) is 0. The van der Waals surface area contributed by atoms with E-state index in [9.17, 15) is 9.59 Å². The average Bonchev–Trinajstić information content (AvgIpc) is 2.71. The molecule has 1 amide bonds. The van der Waals surface area contributed by atoms with E-state index in [-0.39, 0.29) is 11.6 Å². The highest BCUT2D eigenvalue weighted by Crippen LogP contribution is 1.91. The molecule has 0 spiro atoms. The molecule has 0 atom stereocenters. The first kappa shape index (κ1) is 13.1. The molecule has 94 valence electrons. The first-order chi connectivity index (χ1) is 8.09. The minimum atomic E-state index is -1.09. The predicted octanol–water partition coefficient (Wildman–Crippen LogP) is -1.30. The zero-order valence-corrected chi connectivity index (χ0v) is 9.51. The lowest BCUT2D eigenvalue weighted by molar-refractivity contribution is -0.118. The van der Waals surface area contributed by atoms with Crippen molar-refractivity contribution >= 4 is 11.9 Å². The highest BCUT2D eigenvalue weighted by atomic mass is 16.4. The standard InChI is InChI=1S/C9H15N5O3/c1-7(15)11-3-2-10-4-5-14-6-8(9(16)17)12-13-14/h6,10H,2-5H2,1H3,(H,11,15)(H,16,17). The lowest BCUT2D eigenvalue weighted by Crippen LogP contribution is -2.31. The summed E-state index contributed by atoms with van der Waals surface area (Å²) in [7, 11) is 0. The van der Waals surface area contributed by atoms with Gasteiger partial charge in [0.15, 0.2) is 5.69 Å². The van der Waals surface area contributed by atoms with Crippen LogP contribution in [0.4, 0.5) is 0 Å². The summed E-state index contributed by atoms with van der Waals surface area (Å²) in [5.41, 5.74) is -0.0664. The lowest BCUT2D eigenvalue weighted by Gasteiger charge is -2.04. The molecule has 1 aromatic rings. The van der Waals surface area contributed by atoms with Crippen molar-refractivity contribution in [3.8, 4) is 0 Å². The van der Waals surface area contributed by atoms with Crippen molar-refractivity contribution in [1.29, 1.82) is 0 Å². The molecule has 1 aromatic heterocycles. The van der Waals surface area contributed by atoms with Gasteiger partial charge in [-0.1, -0.05) is 5.21 Å². The van der Waals surface area contributed by atoms with E-state index in [0.29, 0.717) is 26.2 Å². The zero-order chi connectivity index (χ0) is 12.7. The molecule has 0 aromatic carbocycles. The number of rotatable bonds is 7. The van der Waals surface area contributed by atoms with Gasteiger partial charge < -0.3 is 15.7 Å². The Balaban J connectivity index is 2.13. The molecule has 17 heavy (non-hydrogen) atoms. The Morgan fingerprint density at radius 1 is 1.41 bits per heavy atom. The Morgan fingerprint density at radius 3 is 2.76 bits per heavy atom. The van der Waals surface area contributed by atoms with Crippen LogP contribution < -0.4 is 10.6 Å². The minimum absolute atomic E-state index is 0.0609. The number of carboxylic acids is 1. The molecular formula is C9H15N5O3.